The van der Waals surface area contributed by atoms with E-state index in [9.17, 15) is 14.4 Å². The van der Waals surface area contributed by atoms with Crippen LogP contribution in [-0.2, 0) is 14.4 Å². The molecule has 0 rings (SSSR count). The van der Waals surface area contributed by atoms with Crippen LogP contribution in [0.2, 0.25) is 0 Å². The summed E-state index contributed by atoms with van der Waals surface area (Å²) in [5.41, 5.74) is 0. The van der Waals surface area contributed by atoms with Crippen LogP contribution in [0.15, 0.2) is 0 Å². The Hall–Kier alpha value is -1.75. The van der Waals surface area contributed by atoms with Crippen molar-refractivity contribution in [3.63, 3.8) is 0 Å². The van der Waals surface area contributed by atoms with Gasteiger partial charge in [-0.15, -0.1) is 0 Å². The summed E-state index contributed by atoms with van der Waals surface area (Å²) in [7, 11) is 0. The van der Waals surface area contributed by atoms with E-state index in [0.717, 1.165) is 0 Å². The van der Waals surface area contributed by atoms with Crippen molar-refractivity contribution in [3.05, 3.63) is 0 Å². The number of nitrogens with one attached hydrogen (secondary N) is 1. The molecule has 0 aromatic heterocycles. The molecule has 0 fully saturated rings. The maximum absolute atomic E-state index is 10.7. The maximum atomic E-state index is 10.7. The molecular weight excluding hydrogens is 298 g/mol. The van der Waals surface area contributed by atoms with Gasteiger partial charge in [0.15, 0.2) is 0 Å². The predicted octanol–water partition coefficient (Wildman–Crippen LogP) is -2.57. The Morgan fingerprint density at radius 3 is 1.77 bits per heavy atom. The Balaban J connectivity index is 4.23. The monoisotopic (exact) mass is 321 g/mol. The topological polar surface area (TPSA) is 151 Å². The summed E-state index contributed by atoms with van der Waals surface area (Å²) >= 11 is 0. The van der Waals surface area contributed by atoms with Crippen molar-refractivity contribution in [1.82, 2.24) is 15.1 Å². The first-order valence-electron chi connectivity index (χ1n) is 6.76. The molecule has 0 aromatic rings. The molecule has 0 aliphatic rings. The number of aliphatic carboxylic acids is 3. The van der Waals surface area contributed by atoms with Crippen molar-refractivity contribution in [3.8, 4) is 0 Å². The lowest BCUT2D eigenvalue weighted by Gasteiger charge is -2.25. The van der Waals surface area contributed by atoms with Crippen LogP contribution in [0.4, 0.5) is 0 Å². The third-order valence-electron chi connectivity index (χ3n) is 2.75. The largest absolute Gasteiger partial charge is 0.480 e. The number of hydrogen-bond acceptors (Lipinski definition) is 7. The quantitative estimate of drug-likeness (QED) is 0.216. The molecule has 22 heavy (non-hydrogen) atoms. The van der Waals surface area contributed by atoms with Crippen LogP contribution in [0.1, 0.15) is 0 Å². The van der Waals surface area contributed by atoms with E-state index in [1.807, 2.05) is 0 Å². The van der Waals surface area contributed by atoms with Crippen molar-refractivity contribution in [2.75, 3.05) is 59.0 Å². The molecule has 0 aliphatic carbocycles. The van der Waals surface area contributed by atoms with Gasteiger partial charge in [0.05, 0.1) is 26.2 Å². The standard InChI is InChI=1S/C12H23N3O7/c16-6-5-14(2-1-13-7-10(17)18)3-4-15(8-11(19)20)9-12(21)22/h13,16H,1-9H2,(H,17,18)(H,19,20)(H,21,22). The van der Waals surface area contributed by atoms with Gasteiger partial charge < -0.3 is 25.7 Å². The maximum Gasteiger partial charge on any atom is 0.317 e. The highest BCUT2D eigenvalue weighted by Crippen LogP contribution is 1.93. The van der Waals surface area contributed by atoms with E-state index in [0.29, 0.717) is 26.2 Å². The normalized spacial score (nSPS) is 11.0. The molecule has 0 radical (unpaired) electrons. The number of carbonyl (C=O) groups is 3. The molecule has 0 spiro atoms. The second kappa shape index (κ2) is 11.9. The summed E-state index contributed by atoms with van der Waals surface area (Å²) in [6.45, 7) is 0.753. The van der Waals surface area contributed by atoms with Crippen LogP contribution < -0.4 is 5.32 Å². The van der Waals surface area contributed by atoms with Crippen LogP contribution >= 0.6 is 0 Å². The van der Waals surface area contributed by atoms with Gasteiger partial charge in [-0.1, -0.05) is 0 Å². The summed E-state index contributed by atoms with van der Waals surface area (Å²) in [5, 5.41) is 37.6. The summed E-state index contributed by atoms with van der Waals surface area (Å²) < 4.78 is 0. The van der Waals surface area contributed by atoms with Crippen LogP contribution in [0.25, 0.3) is 0 Å². The lowest BCUT2D eigenvalue weighted by Crippen LogP contribution is -2.43. The van der Waals surface area contributed by atoms with Gasteiger partial charge in [-0.3, -0.25) is 24.2 Å². The average molecular weight is 321 g/mol. The summed E-state index contributed by atoms with van der Waals surface area (Å²) in [6, 6.07) is 0. The van der Waals surface area contributed by atoms with Crippen LogP contribution in [0.5, 0.6) is 0 Å². The highest BCUT2D eigenvalue weighted by Gasteiger charge is 2.15. The second-order valence-corrected chi connectivity index (χ2v) is 4.63. The van der Waals surface area contributed by atoms with E-state index >= 15 is 0 Å². The van der Waals surface area contributed by atoms with Crippen LogP contribution in [0, 0.1) is 0 Å². The van der Waals surface area contributed by atoms with Crippen LogP contribution in [0.3, 0.4) is 0 Å². The third-order valence-corrected chi connectivity index (χ3v) is 2.75. The number of carboxylic acids is 3. The fourth-order valence-corrected chi connectivity index (χ4v) is 1.79. The molecule has 0 saturated carbocycles. The van der Waals surface area contributed by atoms with E-state index in [2.05, 4.69) is 5.32 Å². The molecule has 10 heteroatoms. The predicted molar refractivity (Wildman–Crippen MR) is 75.7 cm³/mol. The summed E-state index contributed by atoms with van der Waals surface area (Å²) in [6.07, 6.45) is 0. The van der Waals surface area contributed by atoms with Crippen molar-refractivity contribution in [2.24, 2.45) is 0 Å². The molecule has 128 valence electrons. The van der Waals surface area contributed by atoms with E-state index in [-0.39, 0.29) is 32.8 Å². The first kappa shape index (κ1) is 20.2. The summed E-state index contributed by atoms with van der Waals surface area (Å²) in [4.78, 5) is 34.8. The molecule has 5 N–H and O–H groups in total. The molecule has 0 atom stereocenters. The first-order valence-corrected chi connectivity index (χ1v) is 6.76. The van der Waals surface area contributed by atoms with Gasteiger partial charge >= 0.3 is 17.9 Å². The minimum Gasteiger partial charge on any atom is -0.480 e. The Bertz CT molecular complexity index is 349. The van der Waals surface area contributed by atoms with Gasteiger partial charge in [0, 0.05) is 32.7 Å². The third kappa shape index (κ3) is 12.0. The smallest absolute Gasteiger partial charge is 0.317 e. The van der Waals surface area contributed by atoms with Crippen molar-refractivity contribution in [1.29, 1.82) is 0 Å². The Labute approximate surface area is 127 Å². The number of aliphatic hydroxyl groups excluding tert-OH is 1. The van der Waals surface area contributed by atoms with Crippen LogP contribution in [-0.4, -0.2) is 107 Å². The molecule has 10 nitrogen and oxygen atoms in total. The van der Waals surface area contributed by atoms with E-state index in [4.69, 9.17) is 20.4 Å². The molecule has 0 heterocycles. The van der Waals surface area contributed by atoms with Gasteiger partial charge in [-0.2, -0.15) is 0 Å². The number of aliphatic hydroxyl groups is 1. The van der Waals surface area contributed by atoms with E-state index < -0.39 is 17.9 Å². The molecule has 0 saturated heterocycles. The number of nitrogens with zero attached hydrogens (tertiary/aromatic N) is 2. The Morgan fingerprint density at radius 2 is 1.32 bits per heavy atom. The molecule has 0 bridgehead atoms. The number of hydrogen-bond donors (Lipinski definition) is 5. The Morgan fingerprint density at radius 1 is 0.773 bits per heavy atom. The highest BCUT2D eigenvalue weighted by atomic mass is 16.4. The van der Waals surface area contributed by atoms with E-state index in [1.54, 1.807) is 4.90 Å². The van der Waals surface area contributed by atoms with Gasteiger partial charge in [0.1, 0.15) is 0 Å². The van der Waals surface area contributed by atoms with Gasteiger partial charge in [0.25, 0.3) is 0 Å². The average Bonchev–Trinajstić information content (AvgIpc) is 2.38. The minimum atomic E-state index is -1.11. The fraction of sp³-hybridized carbons (Fsp3) is 0.750. The second-order valence-electron chi connectivity index (χ2n) is 4.63. The molecule has 0 unspecified atom stereocenters. The number of carboxylic acid groups (broad SMARTS) is 3. The molecular formula is C12H23N3O7. The van der Waals surface area contributed by atoms with Gasteiger partial charge in [0.2, 0.25) is 0 Å². The fourth-order valence-electron chi connectivity index (χ4n) is 1.79. The SMILES string of the molecule is O=C(O)CNCCN(CCO)CCN(CC(=O)O)CC(=O)O. The lowest BCUT2D eigenvalue weighted by molar-refractivity contribution is -0.142. The zero-order valence-electron chi connectivity index (χ0n) is 12.3. The zero-order chi connectivity index (χ0) is 17.0. The molecule has 0 amide bonds. The number of rotatable bonds is 14. The highest BCUT2D eigenvalue weighted by molar-refractivity contribution is 5.72. The Kier molecular flexibility index (Phi) is 10.9. The van der Waals surface area contributed by atoms with Crippen molar-refractivity contribution < 1.29 is 34.8 Å². The summed E-state index contributed by atoms with van der Waals surface area (Å²) in [5.74, 6) is -3.20. The molecule has 0 aliphatic heterocycles. The lowest BCUT2D eigenvalue weighted by atomic mass is 10.4. The van der Waals surface area contributed by atoms with E-state index in [1.165, 1.54) is 4.90 Å². The zero-order valence-corrected chi connectivity index (χ0v) is 12.3. The first-order chi connectivity index (χ1) is 10.3. The molecule has 0 aromatic carbocycles. The van der Waals surface area contributed by atoms with Crippen molar-refractivity contribution >= 4 is 17.9 Å². The van der Waals surface area contributed by atoms with Gasteiger partial charge in [-0.25, -0.2) is 0 Å². The van der Waals surface area contributed by atoms with Crippen molar-refractivity contribution in [2.45, 2.75) is 0 Å². The van der Waals surface area contributed by atoms with Gasteiger partial charge in [-0.05, 0) is 0 Å². The minimum absolute atomic E-state index is 0.100.